The first-order chi connectivity index (χ1) is 5.79. The molecule has 0 bridgehead atoms. The first kappa shape index (κ1) is 7.24. The summed E-state index contributed by atoms with van der Waals surface area (Å²) < 4.78 is 1.69. The summed E-state index contributed by atoms with van der Waals surface area (Å²) in [6.45, 7) is 1.88. The molecule has 0 aliphatic heterocycles. The van der Waals surface area contributed by atoms with Gasteiger partial charge in [0.2, 0.25) is 0 Å². The molecule has 0 radical (unpaired) electrons. The van der Waals surface area contributed by atoms with Gasteiger partial charge in [0.25, 0.3) is 0 Å². The van der Waals surface area contributed by atoms with Crippen molar-refractivity contribution in [3.8, 4) is 0 Å². The SMILES string of the molecule is Cc1nc2cc(CO)ccn2n1. The molecule has 62 valence electrons. The average Bonchev–Trinajstić information content (AvgIpc) is 2.43. The van der Waals surface area contributed by atoms with Gasteiger partial charge in [0.1, 0.15) is 5.82 Å². The van der Waals surface area contributed by atoms with Gasteiger partial charge in [0, 0.05) is 6.20 Å². The van der Waals surface area contributed by atoms with Crippen LogP contribution in [-0.2, 0) is 6.61 Å². The summed E-state index contributed by atoms with van der Waals surface area (Å²) in [5.74, 6) is 0.741. The van der Waals surface area contributed by atoms with Crippen LogP contribution in [0.15, 0.2) is 18.3 Å². The quantitative estimate of drug-likeness (QED) is 0.667. The summed E-state index contributed by atoms with van der Waals surface area (Å²) in [7, 11) is 0. The predicted octanol–water partition coefficient (Wildman–Crippen LogP) is 0.530. The first-order valence-corrected chi connectivity index (χ1v) is 3.72. The number of aliphatic hydroxyl groups excluding tert-OH is 1. The molecule has 12 heavy (non-hydrogen) atoms. The highest BCUT2D eigenvalue weighted by Gasteiger charge is 1.98. The molecular weight excluding hydrogens is 154 g/mol. The molecule has 0 aliphatic rings. The summed E-state index contributed by atoms with van der Waals surface area (Å²) in [6, 6.07) is 3.64. The van der Waals surface area contributed by atoms with E-state index in [-0.39, 0.29) is 6.61 Å². The van der Waals surface area contributed by atoms with E-state index in [4.69, 9.17) is 5.11 Å². The summed E-state index contributed by atoms with van der Waals surface area (Å²) in [4.78, 5) is 4.16. The standard InChI is InChI=1S/C8H9N3O/c1-6-9-8-4-7(5-12)2-3-11(8)10-6/h2-4,12H,5H2,1H3. The molecule has 0 fully saturated rings. The number of nitrogens with zero attached hydrogens (tertiary/aromatic N) is 3. The Morgan fingerprint density at radius 2 is 2.42 bits per heavy atom. The van der Waals surface area contributed by atoms with Crippen LogP contribution in [0.25, 0.3) is 5.65 Å². The maximum absolute atomic E-state index is 8.85. The zero-order valence-corrected chi connectivity index (χ0v) is 6.73. The normalized spacial score (nSPS) is 10.8. The Bertz CT molecular complexity index is 408. The molecule has 2 aromatic heterocycles. The fourth-order valence-electron chi connectivity index (χ4n) is 1.13. The number of hydrogen-bond acceptors (Lipinski definition) is 3. The van der Waals surface area contributed by atoms with Gasteiger partial charge in [-0.15, -0.1) is 0 Å². The third kappa shape index (κ3) is 1.06. The molecule has 0 atom stereocenters. The van der Waals surface area contributed by atoms with E-state index in [2.05, 4.69) is 10.1 Å². The van der Waals surface area contributed by atoms with E-state index in [9.17, 15) is 0 Å². The van der Waals surface area contributed by atoms with Crippen LogP contribution >= 0.6 is 0 Å². The Hall–Kier alpha value is -1.42. The minimum atomic E-state index is 0.0441. The van der Waals surface area contributed by atoms with Gasteiger partial charge in [0.05, 0.1) is 6.61 Å². The second-order valence-corrected chi connectivity index (χ2v) is 2.65. The lowest BCUT2D eigenvalue weighted by atomic mass is 10.3. The molecule has 0 saturated heterocycles. The van der Waals surface area contributed by atoms with Gasteiger partial charge < -0.3 is 5.11 Å². The van der Waals surface area contributed by atoms with Gasteiger partial charge in [-0.3, -0.25) is 0 Å². The van der Waals surface area contributed by atoms with Crippen molar-refractivity contribution in [2.24, 2.45) is 0 Å². The summed E-state index contributed by atoms with van der Waals surface area (Å²) in [6.07, 6.45) is 1.79. The van der Waals surface area contributed by atoms with E-state index in [1.54, 1.807) is 10.7 Å². The van der Waals surface area contributed by atoms with E-state index in [0.29, 0.717) is 0 Å². The van der Waals surface area contributed by atoms with Crippen LogP contribution in [0.1, 0.15) is 11.4 Å². The number of pyridine rings is 1. The van der Waals surface area contributed by atoms with Crippen molar-refractivity contribution < 1.29 is 5.11 Å². The van der Waals surface area contributed by atoms with Gasteiger partial charge in [-0.25, -0.2) is 9.50 Å². The zero-order chi connectivity index (χ0) is 8.55. The van der Waals surface area contributed by atoms with E-state index in [0.717, 1.165) is 17.0 Å². The maximum atomic E-state index is 8.85. The summed E-state index contributed by atoms with van der Waals surface area (Å²) >= 11 is 0. The van der Waals surface area contributed by atoms with E-state index in [1.165, 1.54) is 0 Å². The largest absolute Gasteiger partial charge is 0.392 e. The van der Waals surface area contributed by atoms with E-state index < -0.39 is 0 Å². The Kier molecular flexibility index (Phi) is 1.55. The maximum Gasteiger partial charge on any atom is 0.155 e. The fourth-order valence-corrected chi connectivity index (χ4v) is 1.13. The first-order valence-electron chi connectivity index (χ1n) is 3.72. The molecule has 4 heteroatoms. The lowest BCUT2D eigenvalue weighted by Crippen LogP contribution is -1.89. The number of rotatable bonds is 1. The second kappa shape index (κ2) is 2.57. The van der Waals surface area contributed by atoms with Crippen molar-refractivity contribution in [2.45, 2.75) is 13.5 Å². The van der Waals surface area contributed by atoms with Crippen LogP contribution in [0, 0.1) is 6.92 Å². The van der Waals surface area contributed by atoms with Crippen LogP contribution in [0.4, 0.5) is 0 Å². The zero-order valence-electron chi connectivity index (χ0n) is 6.73. The molecule has 0 saturated carbocycles. The Morgan fingerprint density at radius 1 is 1.58 bits per heavy atom. The van der Waals surface area contributed by atoms with Gasteiger partial charge in [0.15, 0.2) is 5.65 Å². The number of aryl methyl sites for hydroxylation is 1. The molecule has 2 heterocycles. The highest BCUT2D eigenvalue weighted by Crippen LogP contribution is 2.04. The number of aromatic nitrogens is 3. The Balaban J connectivity index is 2.66. The topological polar surface area (TPSA) is 50.4 Å². The molecule has 1 N–H and O–H groups in total. The van der Waals surface area contributed by atoms with Crippen LogP contribution < -0.4 is 0 Å². The number of aliphatic hydroxyl groups is 1. The van der Waals surface area contributed by atoms with Gasteiger partial charge >= 0.3 is 0 Å². The van der Waals surface area contributed by atoms with Crippen molar-refractivity contribution >= 4 is 5.65 Å². The third-order valence-electron chi connectivity index (χ3n) is 1.69. The fraction of sp³-hybridized carbons (Fsp3) is 0.250. The Morgan fingerprint density at radius 3 is 3.17 bits per heavy atom. The van der Waals surface area contributed by atoms with Crippen molar-refractivity contribution in [1.29, 1.82) is 0 Å². The highest BCUT2D eigenvalue weighted by atomic mass is 16.3. The second-order valence-electron chi connectivity index (χ2n) is 2.65. The summed E-state index contributed by atoms with van der Waals surface area (Å²) in [5.41, 5.74) is 1.63. The monoisotopic (exact) mass is 163 g/mol. The molecule has 0 aliphatic carbocycles. The van der Waals surface area contributed by atoms with Gasteiger partial charge in [-0.05, 0) is 24.6 Å². The van der Waals surface area contributed by atoms with Crippen LogP contribution in [-0.4, -0.2) is 19.7 Å². The molecule has 2 rings (SSSR count). The predicted molar refractivity (Wildman–Crippen MR) is 43.6 cm³/mol. The lowest BCUT2D eigenvalue weighted by molar-refractivity contribution is 0.282. The highest BCUT2D eigenvalue weighted by molar-refractivity contribution is 5.40. The van der Waals surface area contributed by atoms with Crippen LogP contribution in [0.2, 0.25) is 0 Å². The minimum absolute atomic E-state index is 0.0441. The molecule has 4 nitrogen and oxygen atoms in total. The van der Waals surface area contributed by atoms with Crippen LogP contribution in [0.5, 0.6) is 0 Å². The molecule has 0 unspecified atom stereocenters. The van der Waals surface area contributed by atoms with Crippen molar-refractivity contribution in [3.63, 3.8) is 0 Å². The Labute approximate surface area is 69.5 Å². The van der Waals surface area contributed by atoms with Crippen LogP contribution in [0.3, 0.4) is 0 Å². The van der Waals surface area contributed by atoms with E-state index >= 15 is 0 Å². The van der Waals surface area contributed by atoms with Gasteiger partial charge in [-0.2, -0.15) is 5.10 Å². The molecule has 0 aromatic carbocycles. The van der Waals surface area contributed by atoms with Crippen molar-refractivity contribution in [3.05, 3.63) is 29.7 Å². The van der Waals surface area contributed by atoms with Crippen molar-refractivity contribution in [2.75, 3.05) is 0 Å². The van der Waals surface area contributed by atoms with E-state index in [1.807, 2.05) is 19.1 Å². The summed E-state index contributed by atoms with van der Waals surface area (Å²) in [5, 5.41) is 13.0. The van der Waals surface area contributed by atoms with Crippen molar-refractivity contribution in [1.82, 2.24) is 14.6 Å². The smallest absolute Gasteiger partial charge is 0.155 e. The lowest BCUT2D eigenvalue weighted by Gasteiger charge is -1.94. The third-order valence-corrected chi connectivity index (χ3v) is 1.69. The number of hydrogen-bond donors (Lipinski definition) is 1. The molecule has 0 spiro atoms. The molecule has 0 amide bonds. The molecular formula is C8H9N3O. The number of fused-ring (bicyclic) bond motifs is 1. The van der Waals surface area contributed by atoms with Gasteiger partial charge in [-0.1, -0.05) is 0 Å². The average molecular weight is 163 g/mol. The minimum Gasteiger partial charge on any atom is -0.392 e. The molecule has 2 aromatic rings.